The maximum atomic E-state index is 12.8. The molecule has 10 heteroatoms. The number of sulfonamides is 1. The van der Waals surface area contributed by atoms with E-state index in [1.807, 2.05) is 19.9 Å². The predicted molar refractivity (Wildman–Crippen MR) is 124 cm³/mol. The van der Waals surface area contributed by atoms with Gasteiger partial charge in [0.1, 0.15) is 17.5 Å². The van der Waals surface area contributed by atoms with Crippen LogP contribution in [0.3, 0.4) is 0 Å². The third-order valence-corrected chi connectivity index (χ3v) is 6.01. The minimum atomic E-state index is -3.78. The molecule has 168 valence electrons. The molecular formula is C22H25N5O4S. The molecule has 0 aliphatic carbocycles. The van der Waals surface area contributed by atoms with Crippen LogP contribution in [-0.4, -0.2) is 38.1 Å². The van der Waals surface area contributed by atoms with Crippen molar-refractivity contribution in [2.45, 2.75) is 25.2 Å². The van der Waals surface area contributed by atoms with Crippen LogP contribution >= 0.6 is 0 Å². The average molecular weight is 456 g/mol. The number of nitrogens with zero attached hydrogens (tertiary/aromatic N) is 2. The van der Waals surface area contributed by atoms with Crippen molar-refractivity contribution in [3.8, 4) is 11.5 Å². The van der Waals surface area contributed by atoms with Crippen molar-refractivity contribution < 1.29 is 17.9 Å². The first-order chi connectivity index (χ1) is 15.4. The highest BCUT2D eigenvalue weighted by atomic mass is 32.2. The van der Waals surface area contributed by atoms with E-state index in [1.54, 1.807) is 30.3 Å². The zero-order chi connectivity index (χ0) is 22.6. The van der Waals surface area contributed by atoms with Crippen molar-refractivity contribution in [2.75, 3.05) is 35.1 Å². The van der Waals surface area contributed by atoms with Crippen molar-refractivity contribution in [1.29, 1.82) is 0 Å². The van der Waals surface area contributed by atoms with Crippen LogP contribution in [0.25, 0.3) is 0 Å². The summed E-state index contributed by atoms with van der Waals surface area (Å²) in [5, 5.41) is 6.37. The number of rotatable bonds is 7. The van der Waals surface area contributed by atoms with E-state index in [4.69, 9.17) is 9.47 Å². The summed E-state index contributed by atoms with van der Waals surface area (Å²) >= 11 is 0. The molecule has 1 aromatic heterocycles. The Bertz CT molecular complexity index is 1200. The van der Waals surface area contributed by atoms with Gasteiger partial charge in [-0.2, -0.15) is 0 Å². The molecule has 0 radical (unpaired) electrons. The number of fused-ring (bicyclic) bond motifs is 1. The number of anilines is 4. The summed E-state index contributed by atoms with van der Waals surface area (Å²) in [6.07, 6.45) is 0.750. The summed E-state index contributed by atoms with van der Waals surface area (Å²) in [4.78, 5) is 8.81. The van der Waals surface area contributed by atoms with Gasteiger partial charge >= 0.3 is 0 Å². The summed E-state index contributed by atoms with van der Waals surface area (Å²) in [6.45, 7) is 5.61. The number of nitrogens with one attached hydrogen (secondary N) is 3. The number of ether oxygens (including phenoxy) is 2. The van der Waals surface area contributed by atoms with Crippen LogP contribution in [0.15, 0.2) is 53.4 Å². The van der Waals surface area contributed by atoms with Gasteiger partial charge in [-0.25, -0.2) is 18.4 Å². The van der Waals surface area contributed by atoms with Gasteiger partial charge in [0.25, 0.3) is 10.0 Å². The quantitative estimate of drug-likeness (QED) is 0.491. The van der Waals surface area contributed by atoms with Crippen LogP contribution in [-0.2, 0) is 10.0 Å². The van der Waals surface area contributed by atoms with E-state index < -0.39 is 10.0 Å². The molecule has 1 aliphatic heterocycles. The number of aromatic nitrogens is 2. The molecule has 9 nitrogen and oxygen atoms in total. The topological polar surface area (TPSA) is 114 Å². The highest BCUT2D eigenvalue weighted by molar-refractivity contribution is 7.92. The van der Waals surface area contributed by atoms with Crippen LogP contribution in [0.2, 0.25) is 0 Å². The summed E-state index contributed by atoms with van der Waals surface area (Å²) in [7, 11) is -3.78. The Hall–Kier alpha value is -3.53. The molecule has 0 fully saturated rings. The first-order valence-corrected chi connectivity index (χ1v) is 11.8. The Balaban J connectivity index is 1.47. The van der Waals surface area contributed by atoms with Gasteiger partial charge in [0.2, 0.25) is 0 Å². The van der Waals surface area contributed by atoms with E-state index in [2.05, 4.69) is 25.3 Å². The van der Waals surface area contributed by atoms with Crippen molar-refractivity contribution in [1.82, 2.24) is 9.97 Å². The van der Waals surface area contributed by atoms with Gasteiger partial charge in [-0.15, -0.1) is 0 Å². The smallest absolute Gasteiger partial charge is 0.262 e. The van der Waals surface area contributed by atoms with E-state index in [9.17, 15) is 8.42 Å². The van der Waals surface area contributed by atoms with Crippen LogP contribution in [0.5, 0.6) is 11.5 Å². The van der Waals surface area contributed by atoms with E-state index in [0.717, 1.165) is 24.5 Å². The van der Waals surface area contributed by atoms with Gasteiger partial charge in [0.15, 0.2) is 11.5 Å². The molecule has 0 saturated heterocycles. The van der Waals surface area contributed by atoms with Gasteiger partial charge in [-0.05, 0) is 50.2 Å². The fourth-order valence-electron chi connectivity index (χ4n) is 3.20. The largest absolute Gasteiger partial charge is 0.490 e. The fraction of sp³-hybridized carbons (Fsp3) is 0.273. The van der Waals surface area contributed by atoms with Crippen molar-refractivity contribution in [3.63, 3.8) is 0 Å². The maximum Gasteiger partial charge on any atom is 0.262 e. The number of hydrogen-bond donors (Lipinski definition) is 3. The van der Waals surface area contributed by atoms with E-state index in [0.29, 0.717) is 42.0 Å². The number of aryl methyl sites for hydroxylation is 1. The molecule has 0 unspecified atom stereocenters. The number of benzene rings is 2. The molecular weight excluding hydrogens is 430 g/mol. The molecule has 4 rings (SSSR count). The second kappa shape index (κ2) is 9.31. The standard InChI is InChI=1S/C22H25N5O4S/c1-3-23-21-14-22(25-15(2)24-21)26-16-5-7-17(8-6-16)27-32(28,29)18-9-10-19-20(13-18)31-12-4-11-30-19/h5-10,13-14,27H,3-4,11-12H2,1-2H3,(H2,23,24,25,26). The van der Waals surface area contributed by atoms with Gasteiger partial charge < -0.3 is 20.1 Å². The average Bonchev–Trinajstić information content (AvgIpc) is 3.00. The van der Waals surface area contributed by atoms with Crippen LogP contribution in [0.4, 0.5) is 23.0 Å². The lowest BCUT2D eigenvalue weighted by Gasteiger charge is -2.12. The molecule has 0 amide bonds. The van der Waals surface area contributed by atoms with Crippen LogP contribution in [0.1, 0.15) is 19.2 Å². The lowest BCUT2D eigenvalue weighted by atomic mass is 10.3. The Kier molecular flexibility index (Phi) is 6.31. The molecule has 0 saturated carbocycles. The van der Waals surface area contributed by atoms with E-state index in [-0.39, 0.29) is 4.90 Å². The van der Waals surface area contributed by atoms with Crippen LogP contribution in [0, 0.1) is 6.92 Å². The molecule has 3 aromatic rings. The Labute approximate surface area is 187 Å². The molecule has 3 N–H and O–H groups in total. The number of hydrogen-bond acceptors (Lipinski definition) is 8. The lowest BCUT2D eigenvalue weighted by Crippen LogP contribution is -2.13. The zero-order valence-electron chi connectivity index (χ0n) is 17.9. The summed E-state index contributed by atoms with van der Waals surface area (Å²) in [5.74, 6) is 3.01. The predicted octanol–water partition coefficient (Wildman–Crippen LogP) is 3.92. The lowest BCUT2D eigenvalue weighted by molar-refractivity contribution is 0.297. The molecule has 0 spiro atoms. The minimum absolute atomic E-state index is 0.108. The Morgan fingerprint density at radius 2 is 1.59 bits per heavy atom. The van der Waals surface area contributed by atoms with E-state index in [1.165, 1.54) is 12.1 Å². The molecule has 32 heavy (non-hydrogen) atoms. The molecule has 0 bridgehead atoms. The maximum absolute atomic E-state index is 12.8. The summed E-state index contributed by atoms with van der Waals surface area (Å²) < 4.78 is 39.4. The van der Waals surface area contributed by atoms with Crippen molar-refractivity contribution >= 4 is 33.0 Å². The molecule has 2 aromatic carbocycles. The third-order valence-electron chi connectivity index (χ3n) is 4.63. The van der Waals surface area contributed by atoms with Gasteiger partial charge in [0, 0.05) is 36.5 Å². The highest BCUT2D eigenvalue weighted by Gasteiger charge is 2.19. The Morgan fingerprint density at radius 3 is 2.34 bits per heavy atom. The van der Waals surface area contributed by atoms with Gasteiger partial charge in [0.05, 0.1) is 18.1 Å². The van der Waals surface area contributed by atoms with Gasteiger partial charge in [-0.1, -0.05) is 0 Å². The second-order valence-electron chi connectivity index (χ2n) is 7.18. The first kappa shape index (κ1) is 21.7. The van der Waals surface area contributed by atoms with Crippen molar-refractivity contribution in [2.24, 2.45) is 0 Å². The Morgan fingerprint density at radius 1 is 0.906 bits per heavy atom. The SMILES string of the molecule is CCNc1cc(Nc2ccc(NS(=O)(=O)c3ccc4c(c3)OCCCO4)cc2)nc(C)n1. The fourth-order valence-corrected chi connectivity index (χ4v) is 4.27. The monoisotopic (exact) mass is 455 g/mol. The van der Waals surface area contributed by atoms with Crippen LogP contribution < -0.4 is 24.8 Å². The van der Waals surface area contributed by atoms with Crippen molar-refractivity contribution in [3.05, 3.63) is 54.4 Å². The third kappa shape index (κ3) is 5.20. The van der Waals surface area contributed by atoms with E-state index >= 15 is 0 Å². The molecule has 2 heterocycles. The minimum Gasteiger partial charge on any atom is -0.490 e. The molecule has 0 atom stereocenters. The van der Waals surface area contributed by atoms with Gasteiger partial charge in [-0.3, -0.25) is 4.72 Å². The highest BCUT2D eigenvalue weighted by Crippen LogP contribution is 2.32. The molecule has 1 aliphatic rings. The zero-order valence-corrected chi connectivity index (χ0v) is 18.7. The summed E-state index contributed by atoms with van der Waals surface area (Å²) in [5.41, 5.74) is 1.21. The summed E-state index contributed by atoms with van der Waals surface area (Å²) in [6, 6.07) is 13.3. The first-order valence-electron chi connectivity index (χ1n) is 10.3. The normalized spacial score (nSPS) is 13.2. The second-order valence-corrected chi connectivity index (χ2v) is 8.87.